The maximum Gasteiger partial charge on any atom is 0.311 e. The van der Waals surface area contributed by atoms with Gasteiger partial charge in [0.25, 0.3) is 5.91 Å². The fourth-order valence-electron chi connectivity index (χ4n) is 2.35. The third-order valence-corrected chi connectivity index (χ3v) is 4.52. The molecule has 138 valence electrons. The van der Waals surface area contributed by atoms with E-state index in [0.717, 1.165) is 11.3 Å². The Kier molecular flexibility index (Phi) is 5.56. The first-order valence-corrected chi connectivity index (χ1v) is 8.72. The topological polar surface area (TPSA) is 68.3 Å². The van der Waals surface area contributed by atoms with Gasteiger partial charge >= 0.3 is 5.97 Å². The van der Waals surface area contributed by atoms with Gasteiger partial charge in [-0.25, -0.2) is 13.8 Å². The summed E-state index contributed by atoms with van der Waals surface area (Å²) in [5.74, 6) is -2.19. The van der Waals surface area contributed by atoms with E-state index >= 15 is 0 Å². The molecule has 0 fully saturated rings. The standard InChI is InChI=1S/C19H14F2N2O3S/c1-26-17(24)9-14-10-27-19(22-14)23-18(25)15-7-4-12(8-16(15)21)11-2-5-13(20)6-3-11/h2-8,10H,9H2,1H3,(H,22,23,25). The molecule has 2 aromatic carbocycles. The smallest absolute Gasteiger partial charge is 0.311 e. The lowest BCUT2D eigenvalue weighted by Crippen LogP contribution is -2.14. The van der Waals surface area contributed by atoms with Gasteiger partial charge in [0, 0.05) is 5.38 Å². The Morgan fingerprint density at radius 1 is 1.11 bits per heavy atom. The number of carbonyl (C=O) groups is 2. The van der Waals surface area contributed by atoms with Gasteiger partial charge in [-0.1, -0.05) is 18.2 Å². The summed E-state index contributed by atoms with van der Waals surface area (Å²) >= 11 is 1.12. The van der Waals surface area contributed by atoms with Gasteiger partial charge in [0.1, 0.15) is 11.6 Å². The van der Waals surface area contributed by atoms with Crippen molar-refractivity contribution < 1.29 is 23.1 Å². The molecule has 0 unspecified atom stereocenters. The number of anilines is 1. The van der Waals surface area contributed by atoms with Crippen molar-refractivity contribution in [1.29, 1.82) is 0 Å². The molecule has 1 aromatic heterocycles. The number of aromatic nitrogens is 1. The van der Waals surface area contributed by atoms with Gasteiger partial charge in [0.15, 0.2) is 5.13 Å². The van der Waals surface area contributed by atoms with Crippen LogP contribution in [-0.4, -0.2) is 24.0 Å². The number of halogens is 2. The van der Waals surface area contributed by atoms with Crippen LogP contribution in [0.25, 0.3) is 11.1 Å². The average molecular weight is 388 g/mol. The molecule has 5 nitrogen and oxygen atoms in total. The molecular weight excluding hydrogens is 374 g/mol. The Bertz CT molecular complexity index is 987. The highest BCUT2D eigenvalue weighted by Gasteiger charge is 2.15. The molecule has 1 heterocycles. The van der Waals surface area contributed by atoms with Crippen LogP contribution in [0.2, 0.25) is 0 Å². The molecule has 3 rings (SSSR count). The summed E-state index contributed by atoms with van der Waals surface area (Å²) in [4.78, 5) is 27.6. The minimum Gasteiger partial charge on any atom is -0.469 e. The van der Waals surface area contributed by atoms with Gasteiger partial charge in [-0.15, -0.1) is 11.3 Å². The van der Waals surface area contributed by atoms with Crippen molar-refractivity contribution >= 4 is 28.3 Å². The van der Waals surface area contributed by atoms with Gasteiger partial charge in [-0.2, -0.15) is 0 Å². The van der Waals surface area contributed by atoms with Crippen LogP contribution in [-0.2, 0) is 16.0 Å². The molecule has 3 aromatic rings. The molecular formula is C19H14F2N2O3S. The molecule has 8 heteroatoms. The highest BCUT2D eigenvalue weighted by Crippen LogP contribution is 2.23. The lowest BCUT2D eigenvalue weighted by Gasteiger charge is -2.06. The van der Waals surface area contributed by atoms with Crippen LogP contribution in [0.3, 0.4) is 0 Å². The van der Waals surface area contributed by atoms with E-state index < -0.39 is 17.7 Å². The average Bonchev–Trinajstić information content (AvgIpc) is 3.08. The Morgan fingerprint density at radius 2 is 1.81 bits per heavy atom. The molecule has 27 heavy (non-hydrogen) atoms. The van der Waals surface area contributed by atoms with E-state index in [0.29, 0.717) is 16.8 Å². The summed E-state index contributed by atoms with van der Waals surface area (Å²) < 4.78 is 31.9. The first-order chi connectivity index (χ1) is 13.0. The molecule has 1 N–H and O–H groups in total. The number of ether oxygens (including phenoxy) is 1. The van der Waals surface area contributed by atoms with Crippen LogP contribution in [0.15, 0.2) is 47.8 Å². The quantitative estimate of drug-likeness (QED) is 0.670. The molecule has 0 atom stereocenters. The van der Waals surface area contributed by atoms with Crippen LogP contribution in [0.5, 0.6) is 0 Å². The molecule has 0 aliphatic carbocycles. The van der Waals surface area contributed by atoms with E-state index in [2.05, 4.69) is 15.0 Å². The Labute approximate surface area is 157 Å². The fourth-order valence-corrected chi connectivity index (χ4v) is 3.06. The second kappa shape index (κ2) is 8.05. The number of rotatable bonds is 5. The number of nitrogens with zero attached hydrogens (tertiary/aromatic N) is 1. The predicted molar refractivity (Wildman–Crippen MR) is 97.6 cm³/mol. The highest BCUT2D eigenvalue weighted by atomic mass is 32.1. The van der Waals surface area contributed by atoms with E-state index in [1.165, 1.54) is 43.5 Å². The second-order valence-electron chi connectivity index (χ2n) is 5.55. The maximum absolute atomic E-state index is 14.4. The molecule has 0 bridgehead atoms. The summed E-state index contributed by atoms with van der Waals surface area (Å²) in [6, 6.07) is 9.77. The lowest BCUT2D eigenvalue weighted by molar-refractivity contribution is -0.139. The number of esters is 1. The van der Waals surface area contributed by atoms with Crippen molar-refractivity contribution in [3.05, 3.63) is 70.7 Å². The summed E-state index contributed by atoms with van der Waals surface area (Å²) in [6.45, 7) is 0. The molecule has 0 saturated carbocycles. The van der Waals surface area contributed by atoms with Gasteiger partial charge in [0.2, 0.25) is 0 Å². The number of thiazole rings is 1. The Morgan fingerprint density at radius 3 is 2.48 bits per heavy atom. The third-order valence-electron chi connectivity index (χ3n) is 3.72. The molecule has 0 saturated heterocycles. The number of amides is 1. The minimum atomic E-state index is -0.708. The Balaban J connectivity index is 1.73. The van der Waals surface area contributed by atoms with Crippen LogP contribution in [0, 0.1) is 11.6 Å². The van der Waals surface area contributed by atoms with Crippen molar-refractivity contribution in [3.8, 4) is 11.1 Å². The number of methoxy groups -OCH3 is 1. The normalized spacial score (nSPS) is 10.5. The van der Waals surface area contributed by atoms with Crippen LogP contribution in [0.4, 0.5) is 13.9 Å². The summed E-state index contributed by atoms with van der Waals surface area (Å²) in [6.07, 6.45) is -0.0103. The first kappa shape index (κ1) is 18.7. The zero-order valence-corrected chi connectivity index (χ0v) is 15.0. The zero-order chi connectivity index (χ0) is 19.4. The number of benzene rings is 2. The van der Waals surface area contributed by atoms with Crippen molar-refractivity contribution in [2.24, 2.45) is 0 Å². The Hall–Kier alpha value is -3.13. The van der Waals surface area contributed by atoms with Crippen molar-refractivity contribution in [1.82, 2.24) is 4.98 Å². The SMILES string of the molecule is COC(=O)Cc1csc(NC(=O)c2ccc(-c3ccc(F)cc3)cc2F)n1. The van der Waals surface area contributed by atoms with Gasteiger partial charge in [-0.3, -0.25) is 14.9 Å². The largest absolute Gasteiger partial charge is 0.469 e. The molecule has 0 aliphatic rings. The van der Waals surface area contributed by atoms with Crippen LogP contribution < -0.4 is 5.32 Å². The number of carbonyl (C=O) groups excluding carboxylic acids is 2. The van der Waals surface area contributed by atoms with E-state index in [4.69, 9.17) is 0 Å². The molecule has 0 radical (unpaired) electrons. The lowest BCUT2D eigenvalue weighted by atomic mass is 10.0. The molecule has 0 spiro atoms. The maximum atomic E-state index is 14.4. The summed E-state index contributed by atoms with van der Waals surface area (Å²) in [7, 11) is 1.27. The highest BCUT2D eigenvalue weighted by molar-refractivity contribution is 7.14. The van der Waals surface area contributed by atoms with Crippen molar-refractivity contribution in [2.45, 2.75) is 6.42 Å². The fraction of sp³-hybridized carbons (Fsp3) is 0.105. The van der Waals surface area contributed by atoms with Crippen molar-refractivity contribution in [2.75, 3.05) is 12.4 Å². The minimum absolute atomic E-state index is 0.0103. The van der Waals surface area contributed by atoms with Gasteiger partial charge in [0.05, 0.1) is 24.8 Å². The van der Waals surface area contributed by atoms with Crippen LogP contribution >= 0.6 is 11.3 Å². The van der Waals surface area contributed by atoms with E-state index in [-0.39, 0.29) is 22.9 Å². The van der Waals surface area contributed by atoms with Gasteiger partial charge in [-0.05, 0) is 35.4 Å². The van der Waals surface area contributed by atoms with Gasteiger partial charge < -0.3 is 4.74 Å². The van der Waals surface area contributed by atoms with E-state index in [1.807, 2.05) is 0 Å². The number of nitrogens with one attached hydrogen (secondary N) is 1. The zero-order valence-electron chi connectivity index (χ0n) is 14.2. The second-order valence-corrected chi connectivity index (χ2v) is 6.41. The summed E-state index contributed by atoms with van der Waals surface area (Å²) in [5, 5.41) is 4.37. The van der Waals surface area contributed by atoms with Crippen LogP contribution in [0.1, 0.15) is 16.1 Å². The molecule has 1 amide bonds. The monoisotopic (exact) mass is 388 g/mol. The van der Waals surface area contributed by atoms with Crippen molar-refractivity contribution in [3.63, 3.8) is 0 Å². The first-order valence-electron chi connectivity index (χ1n) is 7.84. The summed E-state index contributed by atoms with van der Waals surface area (Å²) in [5.41, 5.74) is 1.47. The third kappa shape index (κ3) is 4.53. The van der Waals surface area contributed by atoms with E-state index in [1.54, 1.807) is 11.4 Å². The van der Waals surface area contributed by atoms with E-state index in [9.17, 15) is 18.4 Å². The molecule has 0 aliphatic heterocycles. The predicted octanol–water partition coefficient (Wildman–Crippen LogP) is 4.06. The number of hydrogen-bond acceptors (Lipinski definition) is 5. The number of hydrogen-bond donors (Lipinski definition) is 1.